The Morgan fingerprint density at radius 3 is 2.26 bits per heavy atom. The predicted molar refractivity (Wildman–Crippen MR) is 148 cm³/mol. The molecule has 6 aromatic rings. The van der Waals surface area contributed by atoms with Crippen LogP contribution in [0.4, 0.5) is 11.6 Å². The first-order valence-electron chi connectivity index (χ1n) is 12.0. The quantitative estimate of drug-likeness (QED) is 0.329. The third-order valence-electron chi connectivity index (χ3n) is 6.41. The van der Waals surface area contributed by atoms with Gasteiger partial charge in [-0.3, -0.25) is 0 Å². The smallest absolute Gasteiger partial charge is 0.247 e. The maximum absolute atomic E-state index is 12.6. The molecular formula is C28H25N7O2S. The molecule has 190 valence electrons. The van der Waals surface area contributed by atoms with Crippen molar-refractivity contribution in [1.82, 2.24) is 28.5 Å². The number of benzene rings is 3. The van der Waals surface area contributed by atoms with Crippen molar-refractivity contribution in [2.75, 3.05) is 19.4 Å². The number of aromatic nitrogens is 5. The number of sulfonamides is 1. The van der Waals surface area contributed by atoms with Gasteiger partial charge in [-0.15, -0.1) is 5.10 Å². The average Bonchev–Trinajstić information content (AvgIpc) is 3.51. The van der Waals surface area contributed by atoms with E-state index in [2.05, 4.69) is 22.5 Å². The summed E-state index contributed by atoms with van der Waals surface area (Å²) in [6.07, 6.45) is 3.67. The van der Waals surface area contributed by atoms with Gasteiger partial charge in [-0.2, -0.15) is 9.50 Å². The highest BCUT2D eigenvalue weighted by atomic mass is 32.2. The van der Waals surface area contributed by atoms with Crippen molar-refractivity contribution in [2.45, 2.75) is 11.8 Å². The Bertz CT molecular complexity index is 1870. The van der Waals surface area contributed by atoms with Crippen molar-refractivity contribution >= 4 is 38.3 Å². The lowest BCUT2D eigenvalue weighted by Crippen LogP contribution is -2.22. The highest BCUT2D eigenvalue weighted by Crippen LogP contribution is 2.35. The van der Waals surface area contributed by atoms with Crippen LogP contribution >= 0.6 is 0 Å². The molecule has 0 aliphatic carbocycles. The van der Waals surface area contributed by atoms with Gasteiger partial charge in [-0.25, -0.2) is 17.7 Å². The zero-order valence-corrected chi connectivity index (χ0v) is 21.9. The van der Waals surface area contributed by atoms with Crippen molar-refractivity contribution in [3.05, 3.63) is 97.0 Å². The summed E-state index contributed by atoms with van der Waals surface area (Å²) in [5.74, 6) is 0.451. The first kappa shape index (κ1) is 23.8. The number of para-hydroxylation sites is 1. The second-order valence-corrected chi connectivity index (χ2v) is 11.3. The van der Waals surface area contributed by atoms with Crippen molar-refractivity contribution in [3.8, 4) is 16.8 Å². The largest absolute Gasteiger partial charge is 0.323 e. The molecule has 3 aromatic heterocycles. The van der Waals surface area contributed by atoms with Gasteiger partial charge in [-0.1, -0.05) is 48.0 Å². The fraction of sp³-hybridized carbons (Fsp3) is 0.107. The molecule has 1 N–H and O–H groups in total. The van der Waals surface area contributed by atoms with Crippen LogP contribution in [-0.4, -0.2) is 51.0 Å². The Morgan fingerprint density at radius 2 is 1.58 bits per heavy atom. The van der Waals surface area contributed by atoms with Crippen LogP contribution in [0.25, 0.3) is 33.5 Å². The lowest BCUT2D eigenvalue weighted by atomic mass is 10.1. The highest BCUT2D eigenvalue weighted by molar-refractivity contribution is 7.89. The number of hydrogen-bond donors (Lipinski definition) is 1. The third kappa shape index (κ3) is 4.09. The van der Waals surface area contributed by atoms with Crippen LogP contribution in [0.2, 0.25) is 0 Å². The molecule has 10 heteroatoms. The lowest BCUT2D eigenvalue weighted by Gasteiger charge is -2.11. The van der Waals surface area contributed by atoms with Gasteiger partial charge in [0.15, 0.2) is 11.3 Å². The number of nitrogens with one attached hydrogen (secondary N) is 1. The highest BCUT2D eigenvalue weighted by Gasteiger charge is 2.21. The van der Waals surface area contributed by atoms with Gasteiger partial charge in [0.1, 0.15) is 6.33 Å². The van der Waals surface area contributed by atoms with E-state index < -0.39 is 10.0 Å². The lowest BCUT2D eigenvalue weighted by molar-refractivity contribution is 0.521. The third-order valence-corrected chi connectivity index (χ3v) is 8.24. The molecule has 38 heavy (non-hydrogen) atoms. The molecular weight excluding hydrogens is 498 g/mol. The van der Waals surface area contributed by atoms with Crippen LogP contribution < -0.4 is 5.32 Å². The van der Waals surface area contributed by atoms with Gasteiger partial charge in [-0.05, 0) is 48.9 Å². The second kappa shape index (κ2) is 9.09. The predicted octanol–water partition coefficient (Wildman–Crippen LogP) is 5.04. The molecule has 0 aliphatic rings. The molecule has 0 amide bonds. The normalized spacial score (nSPS) is 12.0. The maximum atomic E-state index is 12.6. The molecule has 0 fully saturated rings. The van der Waals surface area contributed by atoms with Crippen LogP contribution in [-0.2, 0) is 10.0 Å². The Balaban J connectivity index is 1.55. The van der Waals surface area contributed by atoms with Gasteiger partial charge in [0.25, 0.3) is 0 Å². The van der Waals surface area contributed by atoms with Crippen LogP contribution in [0.3, 0.4) is 0 Å². The Morgan fingerprint density at radius 1 is 0.868 bits per heavy atom. The van der Waals surface area contributed by atoms with Crippen LogP contribution in [0, 0.1) is 6.92 Å². The second-order valence-electron chi connectivity index (χ2n) is 9.20. The number of nitrogens with zero attached hydrogens (tertiary/aromatic N) is 6. The summed E-state index contributed by atoms with van der Waals surface area (Å²) < 4.78 is 30.1. The van der Waals surface area contributed by atoms with Crippen molar-refractivity contribution in [3.63, 3.8) is 0 Å². The zero-order chi connectivity index (χ0) is 26.4. The minimum Gasteiger partial charge on any atom is -0.323 e. The maximum Gasteiger partial charge on any atom is 0.247 e. The van der Waals surface area contributed by atoms with E-state index in [1.165, 1.54) is 18.4 Å². The summed E-state index contributed by atoms with van der Waals surface area (Å²) >= 11 is 0. The number of rotatable bonds is 6. The Hall–Kier alpha value is -4.54. The molecule has 0 spiro atoms. The fourth-order valence-electron chi connectivity index (χ4n) is 4.37. The van der Waals surface area contributed by atoms with Gasteiger partial charge < -0.3 is 9.88 Å². The van der Waals surface area contributed by atoms with E-state index >= 15 is 0 Å². The van der Waals surface area contributed by atoms with Gasteiger partial charge in [0.05, 0.1) is 10.3 Å². The van der Waals surface area contributed by atoms with E-state index in [-0.39, 0.29) is 4.90 Å². The Kier molecular flexibility index (Phi) is 5.70. The summed E-state index contributed by atoms with van der Waals surface area (Å²) in [4.78, 5) is 9.79. The zero-order valence-electron chi connectivity index (χ0n) is 21.1. The molecule has 0 radical (unpaired) electrons. The summed E-state index contributed by atoms with van der Waals surface area (Å²) in [5, 5.41) is 8.65. The molecule has 0 unspecified atom stereocenters. The molecule has 0 atom stereocenters. The van der Waals surface area contributed by atoms with Crippen molar-refractivity contribution in [1.29, 1.82) is 0 Å². The van der Waals surface area contributed by atoms with E-state index in [9.17, 15) is 8.42 Å². The molecule has 9 nitrogen and oxygen atoms in total. The number of anilines is 2. The fourth-order valence-corrected chi connectivity index (χ4v) is 5.27. The molecule has 0 saturated heterocycles. The van der Waals surface area contributed by atoms with Gasteiger partial charge in [0, 0.05) is 37.2 Å². The van der Waals surface area contributed by atoms with Crippen molar-refractivity contribution in [2.24, 2.45) is 0 Å². The molecule has 0 aliphatic heterocycles. The van der Waals surface area contributed by atoms with Gasteiger partial charge in [0.2, 0.25) is 16.0 Å². The molecule has 3 heterocycles. The molecule has 3 aromatic carbocycles. The van der Waals surface area contributed by atoms with Crippen molar-refractivity contribution < 1.29 is 8.42 Å². The standard InChI is InChI=1S/C28H25N7O2S/c1-19-9-13-22(14-10-19)34-17-24(20-11-15-23(16-12-20)38(36,37)33(2)3)25-26(34)29-18-35-27(25)31-28(32-35)30-21-7-5-4-6-8-21/h4-18H,1-3H3,(H,30,32). The molecule has 0 saturated carbocycles. The minimum absolute atomic E-state index is 0.230. The monoisotopic (exact) mass is 523 g/mol. The van der Waals surface area contributed by atoms with E-state index in [1.807, 2.05) is 72.3 Å². The van der Waals surface area contributed by atoms with Gasteiger partial charge >= 0.3 is 0 Å². The SMILES string of the molecule is Cc1ccc(-n2cc(-c3ccc(S(=O)(=O)N(C)C)cc3)c3c2ncn2nc(Nc4ccccc4)nc32)cc1. The van der Waals surface area contributed by atoms with E-state index in [4.69, 9.17) is 9.97 Å². The number of fused-ring (bicyclic) bond motifs is 3. The van der Waals surface area contributed by atoms with E-state index in [0.29, 0.717) is 11.6 Å². The summed E-state index contributed by atoms with van der Waals surface area (Å²) in [6, 6.07) is 24.8. The number of hydrogen-bond acceptors (Lipinski definition) is 6. The summed E-state index contributed by atoms with van der Waals surface area (Å²) in [5.41, 5.74) is 6.06. The van der Waals surface area contributed by atoms with E-state index in [0.717, 1.165) is 39.1 Å². The topological polar surface area (TPSA) is 97.4 Å². The first-order valence-corrected chi connectivity index (χ1v) is 13.4. The van der Waals surface area contributed by atoms with Crippen LogP contribution in [0.1, 0.15) is 5.56 Å². The van der Waals surface area contributed by atoms with Crippen LogP contribution in [0.5, 0.6) is 0 Å². The average molecular weight is 524 g/mol. The summed E-state index contributed by atoms with van der Waals surface area (Å²) in [7, 11) is -0.498. The summed E-state index contributed by atoms with van der Waals surface area (Å²) in [6.45, 7) is 2.05. The van der Waals surface area contributed by atoms with Crippen LogP contribution in [0.15, 0.2) is 96.3 Å². The molecule has 6 rings (SSSR count). The Labute approximate surface area is 220 Å². The molecule has 0 bridgehead atoms. The minimum atomic E-state index is -3.54. The first-order chi connectivity index (χ1) is 18.3. The number of aryl methyl sites for hydroxylation is 1. The van der Waals surface area contributed by atoms with E-state index in [1.54, 1.807) is 23.0 Å².